The third-order valence-corrected chi connectivity index (χ3v) is 12.3. The molecule has 6 heterocycles. The molecule has 0 spiro atoms. The maximum absolute atomic E-state index is 12.8. The molecule has 6 aliphatic rings. The van der Waals surface area contributed by atoms with E-state index in [1.54, 1.807) is 28.4 Å². The van der Waals surface area contributed by atoms with Gasteiger partial charge in [0.15, 0.2) is 23.0 Å². The molecule has 0 radical (unpaired) electrons. The number of nitrogens with zero attached hydrogens (tertiary/aromatic N) is 2. The second kappa shape index (κ2) is 14.5. The molecule has 0 amide bonds. The van der Waals surface area contributed by atoms with Gasteiger partial charge < -0.3 is 47.4 Å². The highest BCUT2D eigenvalue weighted by Gasteiger charge is 2.47. The number of carbonyl (C=O) groups is 2. The molecule has 0 N–H and O–H groups in total. The van der Waals surface area contributed by atoms with Crippen LogP contribution >= 0.6 is 0 Å². The highest BCUT2D eigenvalue weighted by atomic mass is 16.7. The van der Waals surface area contributed by atoms with Crippen LogP contribution in [0.1, 0.15) is 89.5 Å². The van der Waals surface area contributed by atoms with E-state index in [1.807, 2.05) is 64.3 Å². The summed E-state index contributed by atoms with van der Waals surface area (Å²) in [6, 6.07) is 11.3. The average molecular weight is 795 g/mol. The third-order valence-electron chi connectivity index (χ3n) is 12.3. The van der Waals surface area contributed by atoms with E-state index >= 15 is 0 Å². The van der Waals surface area contributed by atoms with E-state index in [4.69, 9.17) is 47.4 Å². The van der Waals surface area contributed by atoms with Crippen molar-refractivity contribution in [1.29, 1.82) is 0 Å². The molecule has 58 heavy (non-hydrogen) atoms. The Bertz CT molecular complexity index is 2200. The lowest BCUT2D eigenvalue weighted by Crippen LogP contribution is -2.36. The molecule has 0 saturated carbocycles. The van der Waals surface area contributed by atoms with Crippen molar-refractivity contribution in [2.75, 3.05) is 69.2 Å². The number of ether oxygens (including phenoxy) is 10. The predicted molar refractivity (Wildman–Crippen MR) is 208 cm³/mol. The lowest BCUT2D eigenvalue weighted by atomic mass is 9.85. The van der Waals surface area contributed by atoms with E-state index in [9.17, 15) is 9.59 Å². The summed E-state index contributed by atoms with van der Waals surface area (Å²) in [6.45, 7) is 5.79. The summed E-state index contributed by atoms with van der Waals surface area (Å²) in [5.74, 6) is 4.66. The summed E-state index contributed by atoms with van der Waals surface area (Å²) in [5.41, 5.74) is 8.77. The molecule has 4 atom stereocenters. The second-order valence-electron chi connectivity index (χ2n) is 15.1. The molecule has 0 aromatic heterocycles. The van der Waals surface area contributed by atoms with Crippen molar-refractivity contribution in [3.8, 4) is 46.0 Å². The molecule has 0 saturated heterocycles. The van der Waals surface area contributed by atoms with Crippen molar-refractivity contribution in [2.24, 2.45) is 0 Å². The number of esters is 2. The Hall–Kier alpha value is -5.86. The lowest BCUT2D eigenvalue weighted by molar-refractivity contribution is 0.00813. The van der Waals surface area contributed by atoms with Crippen molar-refractivity contribution in [3.05, 3.63) is 92.0 Å². The Labute approximate surface area is 336 Å². The monoisotopic (exact) mass is 794 g/mol. The molecule has 0 aliphatic carbocycles. The first-order valence-electron chi connectivity index (χ1n) is 19.3. The van der Waals surface area contributed by atoms with Crippen molar-refractivity contribution < 1.29 is 57.0 Å². The Morgan fingerprint density at radius 3 is 1.38 bits per heavy atom. The van der Waals surface area contributed by atoms with Gasteiger partial charge in [0.25, 0.3) is 0 Å². The molecular weight excluding hydrogens is 748 g/mol. The van der Waals surface area contributed by atoms with Gasteiger partial charge >= 0.3 is 11.9 Å². The Balaban J connectivity index is 0.000000150. The Kier molecular flexibility index (Phi) is 9.43. The molecular formula is C44H46N2O12. The van der Waals surface area contributed by atoms with Gasteiger partial charge in [-0.15, -0.1) is 0 Å². The molecule has 4 aromatic carbocycles. The van der Waals surface area contributed by atoms with Crippen LogP contribution in [0.15, 0.2) is 36.4 Å². The van der Waals surface area contributed by atoms with Gasteiger partial charge in [-0.05, 0) is 76.2 Å². The third kappa shape index (κ3) is 5.67. The van der Waals surface area contributed by atoms with Gasteiger partial charge in [0.05, 0.1) is 51.6 Å². The van der Waals surface area contributed by atoms with Gasteiger partial charge in [-0.25, -0.2) is 9.59 Å². The first-order chi connectivity index (χ1) is 28.1. The Morgan fingerprint density at radius 1 is 0.586 bits per heavy atom. The van der Waals surface area contributed by atoms with Gasteiger partial charge in [-0.1, -0.05) is 12.1 Å². The van der Waals surface area contributed by atoms with Crippen LogP contribution in [0.3, 0.4) is 0 Å². The molecule has 0 fully saturated rings. The molecule has 304 valence electrons. The van der Waals surface area contributed by atoms with Crippen molar-refractivity contribution >= 4 is 11.9 Å². The fourth-order valence-electron chi connectivity index (χ4n) is 9.53. The summed E-state index contributed by atoms with van der Waals surface area (Å²) in [7, 11) is 10.6. The summed E-state index contributed by atoms with van der Waals surface area (Å²) in [6.07, 6.45) is 0.815. The number of rotatable bonds is 6. The fourth-order valence-corrected chi connectivity index (χ4v) is 9.53. The zero-order valence-corrected chi connectivity index (χ0v) is 33.8. The van der Waals surface area contributed by atoms with E-state index in [0.29, 0.717) is 57.1 Å². The van der Waals surface area contributed by atoms with E-state index in [-0.39, 0.29) is 37.6 Å². The van der Waals surface area contributed by atoms with Crippen molar-refractivity contribution in [1.82, 2.24) is 9.80 Å². The maximum atomic E-state index is 12.8. The number of hydrogen-bond acceptors (Lipinski definition) is 14. The van der Waals surface area contributed by atoms with E-state index in [2.05, 4.69) is 9.80 Å². The normalized spacial score (nSPS) is 22.1. The van der Waals surface area contributed by atoms with Gasteiger partial charge in [-0.2, -0.15) is 0 Å². The van der Waals surface area contributed by atoms with Gasteiger partial charge in [-0.3, -0.25) is 9.80 Å². The quantitative estimate of drug-likeness (QED) is 0.201. The molecule has 4 aromatic rings. The predicted octanol–water partition coefficient (Wildman–Crippen LogP) is 6.36. The van der Waals surface area contributed by atoms with Crippen molar-refractivity contribution in [2.45, 2.75) is 51.0 Å². The number of carbonyl (C=O) groups excluding carboxylic acids is 2. The van der Waals surface area contributed by atoms with Crippen LogP contribution < -0.4 is 37.9 Å². The van der Waals surface area contributed by atoms with Crippen LogP contribution in [0.5, 0.6) is 46.0 Å². The van der Waals surface area contributed by atoms with Crippen LogP contribution in [0, 0.1) is 13.8 Å². The topological polar surface area (TPSA) is 133 Å². The van der Waals surface area contributed by atoms with E-state index in [1.165, 1.54) is 0 Å². The number of hydrogen-bond donors (Lipinski definition) is 0. The lowest BCUT2D eigenvalue weighted by Gasteiger charge is -2.38. The van der Waals surface area contributed by atoms with Crippen molar-refractivity contribution in [3.63, 3.8) is 0 Å². The van der Waals surface area contributed by atoms with Gasteiger partial charge in [0.1, 0.15) is 23.7 Å². The number of cyclic esters (lactones) is 2. The summed E-state index contributed by atoms with van der Waals surface area (Å²) < 4.78 is 56.8. The minimum atomic E-state index is -0.444. The summed E-state index contributed by atoms with van der Waals surface area (Å²) >= 11 is 0. The average Bonchev–Trinajstić information content (AvgIpc) is 4.03. The van der Waals surface area contributed by atoms with Crippen LogP contribution in [0.4, 0.5) is 0 Å². The first-order valence-corrected chi connectivity index (χ1v) is 19.3. The van der Waals surface area contributed by atoms with Crippen LogP contribution in [0.2, 0.25) is 0 Å². The smallest absolute Gasteiger partial charge is 0.339 e. The second-order valence-corrected chi connectivity index (χ2v) is 15.1. The summed E-state index contributed by atoms with van der Waals surface area (Å²) in [4.78, 5) is 30.0. The molecule has 0 bridgehead atoms. The number of fused-ring (bicyclic) bond motifs is 6. The highest BCUT2D eigenvalue weighted by molar-refractivity contribution is 5.97. The minimum absolute atomic E-state index is 0.176. The van der Waals surface area contributed by atoms with Gasteiger partial charge in [0.2, 0.25) is 25.1 Å². The van der Waals surface area contributed by atoms with Crippen LogP contribution in [0.25, 0.3) is 0 Å². The fraction of sp³-hybridized carbons (Fsp3) is 0.409. The molecule has 10 rings (SSSR count). The number of likely N-dealkylation sites (N-methyl/N-ethyl adjacent to an activating group) is 2. The minimum Gasteiger partial charge on any atom is -0.496 e. The first kappa shape index (κ1) is 37.7. The largest absolute Gasteiger partial charge is 0.496 e. The van der Waals surface area contributed by atoms with Gasteiger partial charge in [0, 0.05) is 46.5 Å². The standard InChI is InChI=1S/2C22H23NO6/c2*1-11-14(25-3)6-5-13-16(11)22(24)29-19(13)18-17-12(7-8-23(18)2)9-15-20(21(17)26-4)28-10-27-15/h2*5-6,9,18-19H,7-8,10H2,1-4H3/t18-,19+;18-,19-/m11/s1. The Morgan fingerprint density at radius 2 is 1.00 bits per heavy atom. The number of benzene rings is 4. The molecule has 14 heteroatoms. The zero-order chi connectivity index (χ0) is 40.6. The van der Waals surface area contributed by atoms with Crippen LogP contribution in [-0.4, -0.2) is 90.9 Å². The highest BCUT2D eigenvalue weighted by Crippen LogP contribution is 2.56. The SMILES string of the molecule is COc1ccc2c(c1C)C(=O)O[C@@H]2[C@H]1c2c(cc3c(c2OC)OCO3)CCN1C.COc1ccc2c(c1C)C(=O)O[C@H]2[C@H]1c2c(cc3c(c2OC)OCO3)CCN1C. The van der Waals surface area contributed by atoms with Crippen LogP contribution in [-0.2, 0) is 22.3 Å². The maximum Gasteiger partial charge on any atom is 0.339 e. The molecule has 0 unspecified atom stereocenters. The molecule has 6 aliphatic heterocycles. The van der Waals surface area contributed by atoms with E-state index in [0.717, 1.165) is 70.4 Å². The number of methoxy groups -OCH3 is 4. The summed E-state index contributed by atoms with van der Waals surface area (Å²) in [5, 5.41) is 0. The molecule has 14 nitrogen and oxygen atoms in total. The van der Waals surface area contributed by atoms with E-state index < -0.39 is 12.2 Å². The zero-order valence-electron chi connectivity index (χ0n) is 33.8.